The van der Waals surface area contributed by atoms with Crippen LogP contribution < -0.4 is 4.90 Å². The van der Waals surface area contributed by atoms with Crippen molar-refractivity contribution < 1.29 is 14.3 Å². The Morgan fingerprint density at radius 2 is 1.90 bits per heavy atom. The number of amides is 1. The maximum atomic E-state index is 12.4. The molecular weight excluding hydrogens is 410 g/mol. The van der Waals surface area contributed by atoms with Crippen LogP contribution in [0.15, 0.2) is 58.5 Å². The third-order valence-corrected chi connectivity index (χ3v) is 5.78. The third kappa shape index (κ3) is 4.32. The van der Waals surface area contributed by atoms with Crippen molar-refractivity contribution in [2.24, 2.45) is 4.99 Å². The van der Waals surface area contributed by atoms with Gasteiger partial charge < -0.3 is 4.74 Å². The molecule has 0 fully saturated rings. The van der Waals surface area contributed by atoms with Crippen LogP contribution in [-0.4, -0.2) is 22.8 Å². The van der Waals surface area contributed by atoms with Crippen molar-refractivity contribution in [1.29, 1.82) is 0 Å². The molecule has 4 rings (SSSR count). The van der Waals surface area contributed by atoms with Crippen molar-refractivity contribution in [1.82, 2.24) is 4.98 Å². The number of benzene rings is 2. The summed E-state index contributed by atoms with van der Waals surface area (Å²) < 4.78 is 5.33. The van der Waals surface area contributed by atoms with E-state index in [-0.39, 0.29) is 17.5 Å². The van der Waals surface area contributed by atoms with E-state index < -0.39 is 5.97 Å². The highest BCUT2D eigenvalue weighted by Gasteiger charge is 2.25. The number of hydrogen-bond acceptors (Lipinski definition) is 6. The summed E-state index contributed by atoms with van der Waals surface area (Å²) in [6.07, 6.45) is 1.57. The first-order chi connectivity index (χ1) is 14.8. The van der Waals surface area contributed by atoms with E-state index in [2.05, 4.69) is 9.98 Å². The van der Waals surface area contributed by atoms with Gasteiger partial charge in [0.1, 0.15) is 0 Å². The molecule has 0 saturated carbocycles. The van der Waals surface area contributed by atoms with Crippen LogP contribution in [0.1, 0.15) is 34.9 Å². The Labute approximate surface area is 184 Å². The van der Waals surface area contributed by atoms with Crippen LogP contribution >= 0.6 is 11.3 Å². The average molecular weight is 432 g/mol. The van der Waals surface area contributed by atoms with Crippen LogP contribution in [-0.2, 0) is 14.3 Å². The topological polar surface area (TPSA) is 71.9 Å². The molecule has 156 valence electrons. The van der Waals surface area contributed by atoms with Crippen molar-refractivity contribution in [2.75, 3.05) is 4.90 Å². The van der Waals surface area contributed by atoms with Crippen LogP contribution in [0, 0.1) is 20.8 Å². The molecule has 7 heteroatoms. The number of thiazole rings is 1. The number of cyclic esters (lactones) is 1. The van der Waals surface area contributed by atoms with Gasteiger partial charge in [0.15, 0.2) is 10.8 Å². The lowest BCUT2D eigenvalue weighted by Gasteiger charge is -2.19. The van der Waals surface area contributed by atoms with Crippen LogP contribution in [0.3, 0.4) is 0 Å². The van der Waals surface area contributed by atoms with Gasteiger partial charge in [-0.1, -0.05) is 23.8 Å². The lowest BCUT2D eigenvalue weighted by Crippen LogP contribution is -2.22. The highest BCUT2D eigenvalue weighted by atomic mass is 32.1. The monoisotopic (exact) mass is 431 g/mol. The summed E-state index contributed by atoms with van der Waals surface area (Å²) >= 11 is 1.32. The molecule has 1 aliphatic heterocycles. The van der Waals surface area contributed by atoms with Gasteiger partial charge >= 0.3 is 5.97 Å². The summed E-state index contributed by atoms with van der Waals surface area (Å²) in [5.74, 6) is -0.392. The maximum Gasteiger partial charge on any atom is 0.363 e. The largest absolute Gasteiger partial charge is 0.402 e. The molecule has 0 aliphatic carbocycles. The number of anilines is 2. The Morgan fingerprint density at radius 3 is 2.61 bits per heavy atom. The summed E-state index contributed by atoms with van der Waals surface area (Å²) in [6, 6.07) is 13.4. The van der Waals surface area contributed by atoms with Crippen LogP contribution in [0.4, 0.5) is 10.8 Å². The van der Waals surface area contributed by atoms with Gasteiger partial charge in [-0.2, -0.15) is 0 Å². The van der Waals surface area contributed by atoms with Gasteiger partial charge in [0.25, 0.3) is 0 Å². The SMILES string of the molecule is CC(=O)N(c1ccc(C)c(C)c1)c1nc(/C=C2\N=C(c3cccc(C)c3)OC2=O)cs1. The second kappa shape index (κ2) is 8.28. The number of aryl methyl sites for hydroxylation is 3. The summed E-state index contributed by atoms with van der Waals surface area (Å²) in [7, 11) is 0. The minimum atomic E-state index is -0.524. The van der Waals surface area contributed by atoms with E-state index in [4.69, 9.17) is 4.74 Å². The number of aromatic nitrogens is 1. The second-order valence-electron chi connectivity index (χ2n) is 7.38. The molecule has 0 unspecified atom stereocenters. The fraction of sp³-hybridized carbons (Fsp3) is 0.167. The molecule has 31 heavy (non-hydrogen) atoms. The van der Waals surface area contributed by atoms with E-state index in [1.54, 1.807) is 16.4 Å². The molecule has 2 heterocycles. The van der Waals surface area contributed by atoms with Crippen molar-refractivity contribution in [3.05, 3.63) is 81.5 Å². The molecule has 0 bridgehead atoms. The molecule has 0 atom stereocenters. The van der Waals surface area contributed by atoms with Crippen LogP contribution in [0.25, 0.3) is 6.08 Å². The fourth-order valence-corrected chi connectivity index (χ4v) is 4.03. The second-order valence-corrected chi connectivity index (χ2v) is 8.22. The third-order valence-electron chi connectivity index (χ3n) is 4.93. The molecule has 1 amide bonds. The average Bonchev–Trinajstić information content (AvgIpc) is 3.32. The van der Waals surface area contributed by atoms with Crippen molar-refractivity contribution in [3.8, 4) is 0 Å². The van der Waals surface area contributed by atoms with E-state index in [1.165, 1.54) is 18.3 Å². The molecule has 0 radical (unpaired) electrons. The highest BCUT2D eigenvalue weighted by molar-refractivity contribution is 7.14. The molecule has 1 aromatic heterocycles. The smallest absolute Gasteiger partial charge is 0.363 e. The quantitative estimate of drug-likeness (QED) is 0.426. The standard InChI is InChI=1S/C24H21N3O3S/c1-14-6-5-7-18(10-14)22-26-21(23(29)30-22)12-19-13-31-24(25-19)27(17(4)28)20-9-8-15(2)16(3)11-20/h5-13H,1-4H3/b21-12-. The molecule has 1 aliphatic rings. The molecule has 0 N–H and O–H groups in total. The van der Waals surface area contributed by atoms with Crippen molar-refractivity contribution in [3.63, 3.8) is 0 Å². The van der Waals surface area contributed by atoms with E-state index in [1.807, 2.05) is 63.2 Å². The normalized spacial score (nSPS) is 14.5. The lowest BCUT2D eigenvalue weighted by atomic mass is 10.1. The van der Waals surface area contributed by atoms with Gasteiger partial charge in [0, 0.05) is 17.9 Å². The number of hydrogen-bond donors (Lipinski definition) is 0. The summed E-state index contributed by atoms with van der Waals surface area (Å²) in [4.78, 5) is 35.1. The maximum absolute atomic E-state index is 12.4. The van der Waals surface area contributed by atoms with E-state index in [0.29, 0.717) is 10.8 Å². The fourth-order valence-electron chi connectivity index (χ4n) is 3.19. The van der Waals surface area contributed by atoms with Gasteiger partial charge in [0.2, 0.25) is 11.8 Å². The lowest BCUT2D eigenvalue weighted by molar-refractivity contribution is -0.130. The molecule has 0 spiro atoms. The summed E-state index contributed by atoms with van der Waals surface area (Å²) in [5, 5.41) is 2.31. The zero-order chi connectivity index (χ0) is 22.1. The first-order valence-electron chi connectivity index (χ1n) is 9.75. The first-order valence-corrected chi connectivity index (χ1v) is 10.6. The Kier molecular flexibility index (Phi) is 5.52. The summed E-state index contributed by atoms with van der Waals surface area (Å²) in [6.45, 7) is 7.49. The van der Waals surface area contributed by atoms with Gasteiger partial charge in [-0.05, 0) is 62.2 Å². The van der Waals surface area contributed by atoms with Gasteiger partial charge in [-0.25, -0.2) is 14.8 Å². The summed E-state index contributed by atoms with van der Waals surface area (Å²) in [5.41, 5.74) is 5.50. The molecular formula is C24H21N3O3S. The Bertz CT molecular complexity index is 1260. The zero-order valence-corrected chi connectivity index (χ0v) is 18.5. The number of aliphatic imine (C=N–C) groups is 1. The van der Waals surface area contributed by atoms with Gasteiger partial charge in [-0.15, -0.1) is 11.3 Å². The predicted octanol–water partition coefficient (Wildman–Crippen LogP) is 5.10. The Hall–Kier alpha value is -3.58. The first kappa shape index (κ1) is 20.7. The number of carbonyl (C=O) groups is 2. The zero-order valence-electron chi connectivity index (χ0n) is 17.7. The Morgan fingerprint density at radius 1 is 1.10 bits per heavy atom. The van der Waals surface area contributed by atoms with Crippen molar-refractivity contribution in [2.45, 2.75) is 27.7 Å². The van der Waals surface area contributed by atoms with Crippen LogP contribution in [0.2, 0.25) is 0 Å². The van der Waals surface area contributed by atoms with Gasteiger partial charge in [0.05, 0.1) is 11.4 Å². The number of carbonyl (C=O) groups excluding carboxylic acids is 2. The van der Waals surface area contributed by atoms with Crippen LogP contribution in [0.5, 0.6) is 0 Å². The van der Waals surface area contributed by atoms with E-state index >= 15 is 0 Å². The minimum Gasteiger partial charge on any atom is -0.402 e. The predicted molar refractivity (Wildman–Crippen MR) is 123 cm³/mol. The molecule has 6 nitrogen and oxygen atoms in total. The van der Waals surface area contributed by atoms with Crippen molar-refractivity contribution >= 4 is 46.0 Å². The molecule has 3 aromatic rings. The Balaban J connectivity index is 1.64. The number of nitrogens with zero attached hydrogens (tertiary/aromatic N) is 3. The number of ether oxygens (including phenoxy) is 1. The number of esters is 1. The molecule has 2 aromatic carbocycles. The van der Waals surface area contributed by atoms with E-state index in [9.17, 15) is 9.59 Å². The molecule has 0 saturated heterocycles. The minimum absolute atomic E-state index is 0.142. The highest BCUT2D eigenvalue weighted by Crippen LogP contribution is 2.31. The van der Waals surface area contributed by atoms with E-state index in [0.717, 1.165) is 27.9 Å². The number of rotatable bonds is 4. The van der Waals surface area contributed by atoms with Gasteiger partial charge in [-0.3, -0.25) is 9.69 Å².